The number of methoxy groups -OCH3 is 2. The predicted octanol–water partition coefficient (Wildman–Crippen LogP) is 2.33. The Morgan fingerprint density at radius 1 is 1.06 bits per heavy atom. The van der Waals surface area contributed by atoms with Crippen LogP contribution in [0.15, 0.2) is 11.5 Å². The van der Waals surface area contributed by atoms with Crippen molar-refractivity contribution >= 4 is 11.6 Å². The van der Waals surface area contributed by atoms with Gasteiger partial charge in [-0.15, -0.1) is 0 Å². The third kappa shape index (κ3) is 2.74. The third-order valence-corrected chi connectivity index (χ3v) is 3.47. The minimum atomic E-state index is -0.329. The molecular formula is C14H22O4. The normalized spacial score (nSPS) is 24.8. The summed E-state index contributed by atoms with van der Waals surface area (Å²) in [5.41, 5.74) is 0. The topological polar surface area (TPSA) is 52.6 Å². The fraction of sp³-hybridized carbons (Fsp3) is 0.714. The maximum absolute atomic E-state index is 12.3. The van der Waals surface area contributed by atoms with Gasteiger partial charge in [0.1, 0.15) is 0 Å². The van der Waals surface area contributed by atoms with Crippen LogP contribution in [0.25, 0.3) is 0 Å². The second kappa shape index (κ2) is 6.03. The SMILES string of the molecule is COC1=C(OC)C(=O)[C@H](CCC(C)C)C(C)C1=O. The quantitative estimate of drug-likeness (QED) is 0.755. The first-order chi connectivity index (χ1) is 8.43. The molecule has 1 rings (SSSR count). The van der Waals surface area contributed by atoms with Crippen molar-refractivity contribution in [3.8, 4) is 0 Å². The first-order valence-corrected chi connectivity index (χ1v) is 6.34. The van der Waals surface area contributed by atoms with Crippen LogP contribution in [0, 0.1) is 17.8 Å². The Bertz CT molecular complexity index is 368. The molecule has 0 amide bonds. The Morgan fingerprint density at radius 3 is 2.00 bits per heavy atom. The van der Waals surface area contributed by atoms with Crippen LogP contribution in [-0.4, -0.2) is 25.8 Å². The number of allylic oxidation sites excluding steroid dienone is 2. The first kappa shape index (κ1) is 14.7. The lowest BCUT2D eigenvalue weighted by Gasteiger charge is -2.28. The van der Waals surface area contributed by atoms with Gasteiger partial charge >= 0.3 is 0 Å². The highest BCUT2D eigenvalue weighted by atomic mass is 16.5. The van der Waals surface area contributed by atoms with E-state index >= 15 is 0 Å². The van der Waals surface area contributed by atoms with Gasteiger partial charge in [-0.3, -0.25) is 9.59 Å². The highest BCUT2D eigenvalue weighted by Crippen LogP contribution is 2.33. The van der Waals surface area contributed by atoms with E-state index in [1.165, 1.54) is 14.2 Å². The second-order valence-corrected chi connectivity index (χ2v) is 5.16. The fourth-order valence-corrected chi connectivity index (χ4v) is 2.29. The van der Waals surface area contributed by atoms with Crippen molar-refractivity contribution in [1.29, 1.82) is 0 Å². The molecule has 0 heterocycles. The highest BCUT2D eigenvalue weighted by molar-refractivity contribution is 6.11. The first-order valence-electron chi connectivity index (χ1n) is 6.34. The van der Waals surface area contributed by atoms with Crippen LogP contribution in [0.5, 0.6) is 0 Å². The number of hydrogen-bond donors (Lipinski definition) is 0. The molecular weight excluding hydrogens is 232 g/mol. The Labute approximate surface area is 108 Å². The average Bonchev–Trinajstić information content (AvgIpc) is 2.32. The van der Waals surface area contributed by atoms with Crippen LogP contribution in [0.1, 0.15) is 33.6 Å². The molecule has 0 aromatic heterocycles. The van der Waals surface area contributed by atoms with Crippen LogP contribution in [0.3, 0.4) is 0 Å². The number of Topliss-reactive ketones (excluding diaryl/α,β-unsaturated/α-hetero) is 2. The van der Waals surface area contributed by atoms with Gasteiger partial charge in [0.25, 0.3) is 0 Å². The standard InChI is InChI=1S/C14H22O4/c1-8(2)6-7-10-9(3)11(15)13(17-4)14(18-5)12(10)16/h8-10H,6-7H2,1-5H3/t9?,10-/m1/s1. The van der Waals surface area contributed by atoms with E-state index in [0.29, 0.717) is 12.3 Å². The zero-order chi connectivity index (χ0) is 13.9. The molecule has 4 nitrogen and oxygen atoms in total. The lowest BCUT2D eigenvalue weighted by atomic mass is 9.77. The number of carbonyl (C=O) groups is 2. The van der Waals surface area contributed by atoms with Gasteiger partial charge in [-0.25, -0.2) is 0 Å². The maximum Gasteiger partial charge on any atom is 0.208 e. The van der Waals surface area contributed by atoms with Crippen molar-refractivity contribution in [3.05, 3.63) is 11.5 Å². The van der Waals surface area contributed by atoms with Crippen LogP contribution in [0.2, 0.25) is 0 Å². The van der Waals surface area contributed by atoms with Crippen molar-refractivity contribution in [3.63, 3.8) is 0 Å². The molecule has 1 unspecified atom stereocenters. The third-order valence-electron chi connectivity index (χ3n) is 3.47. The molecule has 1 aliphatic rings. The van der Waals surface area contributed by atoms with Gasteiger partial charge in [0.15, 0.2) is 0 Å². The molecule has 2 atom stereocenters. The largest absolute Gasteiger partial charge is 0.490 e. The predicted molar refractivity (Wildman–Crippen MR) is 67.8 cm³/mol. The number of hydrogen-bond acceptors (Lipinski definition) is 4. The summed E-state index contributed by atoms with van der Waals surface area (Å²) in [6.07, 6.45) is 1.64. The molecule has 0 saturated carbocycles. The Kier molecular flexibility index (Phi) is 4.93. The second-order valence-electron chi connectivity index (χ2n) is 5.16. The van der Waals surface area contributed by atoms with E-state index in [-0.39, 0.29) is 34.9 Å². The molecule has 0 saturated heterocycles. The molecule has 1 aliphatic carbocycles. The van der Waals surface area contributed by atoms with Crippen molar-refractivity contribution in [1.82, 2.24) is 0 Å². The van der Waals surface area contributed by atoms with E-state index in [1.807, 2.05) is 0 Å². The van der Waals surface area contributed by atoms with E-state index < -0.39 is 0 Å². The molecule has 0 radical (unpaired) electrons. The molecule has 0 aliphatic heterocycles. The van der Waals surface area contributed by atoms with Gasteiger partial charge in [0.2, 0.25) is 23.1 Å². The Balaban J connectivity index is 3.00. The van der Waals surface area contributed by atoms with Crippen molar-refractivity contribution in [2.75, 3.05) is 14.2 Å². The Hall–Kier alpha value is -1.32. The average molecular weight is 254 g/mol. The number of ketones is 2. The smallest absolute Gasteiger partial charge is 0.208 e. The van der Waals surface area contributed by atoms with Gasteiger partial charge in [-0.05, 0) is 12.3 Å². The molecule has 4 heteroatoms. The fourth-order valence-electron chi connectivity index (χ4n) is 2.29. The van der Waals surface area contributed by atoms with Gasteiger partial charge in [0.05, 0.1) is 14.2 Å². The van der Waals surface area contributed by atoms with E-state index in [0.717, 1.165) is 6.42 Å². The Morgan fingerprint density at radius 2 is 1.56 bits per heavy atom. The van der Waals surface area contributed by atoms with Crippen LogP contribution in [0.4, 0.5) is 0 Å². The molecule has 18 heavy (non-hydrogen) atoms. The molecule has 0 bridgehead atoms. The summed E-state index contributed by atoms with van der Waals surface area (Å²) in [6.45, 7) is 6.00. The van der Waals surface area contributed by atoms with E-state index in [2.05, 4.69) is 13.8 Å². The van der Waals surface area contributed by atoms with E-state index in [4.69, 9.17) is 9.47 Å². The zero-order valence-electron chi connectivity index (χ0n) is 11.8. The van der Waals surface area contributed by atoms with E-state index in [9.17, 15) is 9.59 Å². The van der Waals surface area contributed by atoms with Crippen molar-refractivity contribution in [2.24, 2.45) is 17.8 Å². The lowest BCUT2D eigenvalue weighted by Crippen LogP contribution is -2.37. The van der Waals surface area contributed by atoms with Gasteiger partial charge in [0, 0.05) is 11.8 Å². The zero-order valence-corrected chi connectivity index (χ0v) is 11.8. The summed E-state index contributed by atoms with van der Waals surface area (Å²) in [4.78, 5) is 24.4. The van der Waals surface area contributed by atoms with E-state index in [1.54, 1.807) is 6.92 Å². The van der Waals surface area contributed by atoms with Gasteiger partial charge < -0.3 is 9.47 Å². The molecule has 0 fully saturated rings. The minimum Gasteiger partial charge on any atom is -0.490 e. The number of carbonyl (C=O) groups excluding carboxylic acids is 2. The summed E-state index contributed by atoms with van der Waals surface area (Å²) in [5, 5.41) is 0. The summed E-state index contributed by atoms with van der Waals surface area (Å²) < 4.78 is 10.1. The summed E-state index contributed by atoms with van der Waals surface area (Å²) in [5.74, 6) is -0.201. The summed E-state index contributed by atoms with van der Waals surface area (Å²) in [6, 6.07) is 0. The van der Waals surface area contributed by atoms with Crippen molar-refractivity contribution in [2.45, 2.75) is 33.6 Å². The van der Waals surface area contributed by atoms with Crippen LogP contribution < -0.4 is 0 Å². The number of ether oxygens (including phenoxy) is 2. The lowest BCUT2D eigenvalue weighted by molar-refractivity contribution is -0.135. The van der Waals surface area contributed by atoms with Crippen LogP contribution >= 0.6 is 0 Å². The molecule has 0 spiro atoms. The summed E-state index contributed by atoms with van der Waals surface area (Å²) >= 11 is 0. The maximum atomic E-state index is 12.3. The molecule has 102 valence electrons. The van der Waals surface area contributed by atoms with Crippen LogP contribution in [-0.2, 0) is 19.1 Å². The minimum absolute atomic E-state index is 0.0656. The van der Waals surface area contributed by atoms with Gasteiger partial charge in [-0.1, -0.05) is 27.2 Å². The highest BCUT2D eigenvalue weighted by Gasteiger charge is 2.42. The number of rotatable bonds is 5. The van der Waals surface area contributed by atoms with Gasteiger partial charge in [-0.2, -0.15) is 0 Å². The molecule has 0 N–H and O–H groups in total. The monoisotopic (exact) mass is 254 g/mol. The molecule has 0 aromatic rings. The van der Waals surface area contributed by atoms with Crippen molar-refractivity contribution < 1.29 is 19.1 Å². The molecule has 0 aromatic carbocycles. The summed E-state index contributed by atoms with van der Waals surface area (Å²) in [7, 11) is 2.79.